The molecule has 0 aromatic heterocycles. The second-order valence-corrected chi connectivity index (χ2v) is 4.74. The molecule has 1 aliphatic heterocycles. The molecule has 0 radical (unpaired) electrons. The summed E-state index contributed by atoms with van der Waals surface area (Å²) in [4.78, 5) is 0. The van der Waals surface area contributed by atoms with E-state index in [1.807, 2.05) is 25.1 Å². The maximum absolute atomic E-state index is 11.1. The molecule has 0 saturated heterocycles. The highest BCUT2D eigenvalue weighted by Crippen LogP contribution is 2.27. The molecular weight excluding hydrogens is 174 g/mol. The van der Waals surface area contributed by atoms with E-state index in [4.69, 9.17) is 0 Å². The van der Waals surface area contributed by atoms with Gasteiger partial charge >= 0.3 is 0 Å². The van der Waals surface area contributed by atoms with Gasteiger partial charge in [0.15, 0.2) is 0 Å². The van der Waals surface area contributed by atoms with Crippen LogP contribution in [0.2, 0.25) is 0 Å². The summed E-state index contributed by atoms with van der Waals surface area (Å²) in [7, 11) is -3.07. The van der Waals surface area contributed by atoms with E-state index in [-0.39, 0.29) is 5.75 Å². The summed E-state index contributed by atoms with van der Waals surface area (Å²) in [6, 6.07) is 5.61. The smallest absolute Gasteiger partial charge is 0.237 e. The molecule has 4 heteroatoms. The number of rotatable bonds is 0. The zero-order chi connectivity index (χ0) is 8.77. The Morgan fingerprint density at radius 1 is 1.42 bits per heavy atom. The lowest BCUT2D eigenvalue weighted by Gasteiger charge is -1.97. The molecule has 1 aliphatic rings. The third kappa shape index (κ3) is 1.18. The topological polar surface area (TPSA) is 46.2 Å². The van der Waals surface area contributed by atoms with Crippen molar-refractivity contribution >= 4 is 15.7 Å². The molecule has 0 bridgehead atoms. The van der Waals surface area contributed by atoms with Gasteiger partial charge in [-0.1, -0.05) is 12.1 Å². The molecular formula is C8H9NO2S. The van der Waals surface area contributed by atoms with Crippen LogP contribution in [0.4, 0.5) is 5.69 Å². The van der Waals surface area contributed by atoms with Crippen LogP contribution < -0.4 is 4.72 Å². The highest BCUT2D eigenvalue weighted by atomic mass is 32.2. The van der Waals surface area contributed by atoms with E-state index >= 15 is 0 Å². The quantitative estimate of drug-likeness (QED) is 0.658. The van der Waals surface area contributed by atoms with Crippen molar-refractivity contribution in [3.8, 4) is 0 Å². The first kappa shape index (κ1) is 7.61. The fourth-order valence-electron chi connectivity index (χ4n) is 1.32. The predicted molar refractivity (Wildman–Crippen MR) is 47.4 cm³/mol. The second kappa shape index (κ2) is 2.23. The highest BCUT2D eigenvalue weighted by Gasteiger charge is 2.22. The predicted octanol–water partition coefficient (Wildman–Crippen LogP) is 1.25. The lowest BCUT2D eigenvalue weighted by atomic mass is 10.1. The molecule has 12 heavy (non-hydrogen) atoms. The minimum atomic E-state index is -3.07. The van der Waals surface area contributed by atoms with E-state index < -0.39 is 10.0 Å². The van der Waals surface area contributed by atoms with Gasteiger partial charge in [0.1, 0.15) is 0 Å². The van der Waals surface area contributed by atoms with Crippen molar-refractivity contribution in [1.29, 1.82) is 0 Å². The molecule has 1 heterocycles. The number of sulfonamides is 1. The first-order valence-electron chi connectivity index (χ1n) is 3.67. The third-order valence-corrected chi connectivity index (χ3v) is 3.10. The molecule has 0 spiro atoms. The van der Waals surface area contributed by atoms with Crippen LogP contribution in [0.25, 0.3) is 0 Å². The zero-order valence-electron chi connectivity index (χ0n) is 6.66. The van der Waals surface area contributed by atoms with Crippen LogP contribution in [0.5, 0.6) is 0 Å². The average Bonchev–Trinajstić information content (AvgIpc) is 2.21. The summed E-state index contributed by atoms with van der Waals surface area (Å²) in [5, 5.41) is 0. The molecule has 0 amide bonds. The van der Waals surface area contributed by atoms with Gasteiger partial charge in [0, 0.05) is 0 Å². The van der Waals surface area contributed by atoms with Crippen LogP contribution in [-0.4, -0.2) is 8.42 Å². The van der Waals surface area contributed by atoms with Gasteiger partial charge in [-0.15, -0.1) is 0 Å². The summed E-state index contributed by atoms with van der Waals surface area (Å²) in [6.07, 6.45) is 0. The minimum absolute atomic E-state index is 0.114. The molecule has 1 aromatic rings. The standard InChI is InChI=1S/C8H9NO2S/c1-6-2-3-7-5-12(10,11)9-8(7)4-6/h2-4,9H,5H2,1H3. The molecule has 0 atom stereocenters. The Bertz CT molecular complexity index is 423. The summed E-state index contributed by atoms with van der Waals surface area (Å²) in [5.41, 5.74) is 2.66. The Kier molecular flexibility index (Phi) is 1.41. The Morgan fingerprint density at radius 3 is 2.92 bits per heavy atom. The number of benzene rings is 1. The summed E-state index contributed by atoms with van der Waals surface area (Å²) in [5.74, 6) is 0.114. The number of fused-ring (bicyclic) bond motifs is 1. The van der Waals surface area contributed by atoms with Crippen molar-refractivity contribution in [2.75, 3.05) is 4.72 Å². The summed E-state index contributed by atoms with van der Waals surface area (Å²) in [6.45, 7) is 1.94. The number of anilines is 1. The van der Waals surface area contributed by atoms with Gasteiger partial charge in [-0.05, 0) is 24.1 Å². The van der Waals surface area contributed by atoms with Crippen molar-refractivity contribution in [2.45, 2.75) is 12.7 Å². The molecule has 0 saturated carbocycles. The summed E-state index contributed by atoms with van der Waals surface area (Å²) >= 11 is 0. The van der Waals surface area contributed by atoms with E-state index in [1.165, 1.54) is 0 Å². The van der Waals surface area contributed by atoms with E-state index in [1.54, 1.807) is 0 Å². The molecule has 3 nitrogen and oxygen atoms in total. The van der Waals surface area contributed by atoms with Crippen molar-refractivity contribution in [3.63, 3.8) is 0 Å². The minimum Gasteiger partial charge on any atom is -0.283 e. The SMILES string of the molecule is Cc1ccc2c(c1)NS(=O)(=O)C2. The van der Waals surface area contributed by atoms with Crippen LogP contribution in [0.1, 0.15) is 11.1 Å². The van der Waals surface area contributed by atoms with Gasteiger partial charge in [-0.3, -0.25) is 4.72 Å². The lowest BCUT2D eigenvalue weighted by Crippen LogP contribution is -2.05. The Morgan fingerprint density at radius 2 is 2.17 bits per heavy atom. The van der Waals surface area contributed by atoms with Gasteiger partial charge in [0.2, 0.25) is 10.0 Å². The Hall–Kier alpha value is -1.03. The molecule has 0 fully saturated rings. The van der Waals surface area contributed by atoms with Crippen molar-refractivity contribution in [2.24, 2.45) is 0 Å². The van der Waals surface area contributed by atoms with E-state index in [2.05, 4.69) is 4.72 Å². The lowest BCUT2D eigenvalue weighted by molar-refractivity contribution is 0.602. The third-order valence-electron chi connectivity index (χ3n) is 1.88. The van der Waals surface area contributed by atoms with Crippen molar-refractivity contribution < 1.29 is 8.42 Å². The maximum atomic E-state index is 11.1. The second-order valence-electron chi connectivity index (χ2n) is 3.02. The van der Waals surface area contributed by atoms with Gasteiger partial charge in [-0.2, -0.15) is 0 Å². The number of nitrogens with one attached hydrogen (secondary N) is 1. The Balaban J connectivity index is 2.56. The summed E-state index contributed by atoms with van der Waals surface area (Å²) < 4.78 is 24.7. The normalized spacial score (nSPS) is 18.4. The first-order valence-corrected chi connectivity index (χ1v) is 5.32. The van der Waals surface area contributed by atoms with Crippen LogP contribution in [0, 0.1) is 6.92 Å². The van der Waals surface area contributed by atoms with Crippen LogP contribution in [0.3, 0.4) is 0 Å². The van der Waals surface area contributed by atoms with Crippen molar-refractivity contribution in [1.82, 2.24) is 0 Å². The number of aryl methyl sites for hydroxylation is 1. The molecule has 64 valence electrons. The molecule has 0 unspecified atom stereocenters. The largest absolute Gasteiger partial charge is 0.283 e. The van der Waals surface area contributed by atoms with E-state index in [9.17, 15) is 8.42 Å². The molecule has 1 aromatic carbocycles. The molecule has 0 aliphatic carbocycles. The fourth-order valence-corrected chi connectivity index (χ4v) is 2.58. The van der Waals surface area contributed by atoms with Gasteiger partial charge in [-0.25, -0.2) is 8.42 Å². The van der Waals surface area contributed by atoms with Gasteiger partial charge in [0.05, 0.1) is 11.4 Å². The number of hydrogen-bond acceptors (Lipinski definition) is 2. The zero-order valence-corrected chi connectivity index (χ0v) is 7.48. The fraction of sp³-hybridized carbons (Fsp3) is 0.250. The average molecular weight is 183 g/mol. The van der Waals surface area contributed by atoms with Gasteiger partial charge in [0.25, 0.3) is 0 Å². The van der Waals surface area contributed by atoms with Crippen LogP contribution >= 0.6 is 0 Å². The first-order chi connectivity index (χ1) is 5.57. The maximum Gasteiger partial charge on any atom is 0.237 e. The van der Waals surface area contributed by atoms with Gasteiger partial charge < -0.3 is 0 Å². The Labute approximate surface area is 71.5 Å². The van der Waals surface area contributed by atoms with E-state index in [0.29, 0.717) is 0 Å². The molecule has 1 N–H and O–H groups in total. The van der Waals surface area contributed by atoms with E-state index in [0.717, 1.165) is 16.8 Å². The van der Waals surface area contributed by atoms with Crippen molar-refractivity contribution in [3.05, 3.63) is 29.3 Å². The number of hydrogen-bond donors (Lipinski definition) is 1. The van der Waals surface area contributed by atoms with Crippen LogP contribution in [0.15, 0.2) is 18.2 Å². The highest BCUT2D eigenvalue weighted by molar-refractivity contribution is 7.92. The van der Waals surface area contributed by atoms with Crippen LogP contribution in [-0.2, 0) is 15.8 Å². The molecule has 2 rings (SSSR count). The monoisotopic (exact) mass is 183 g/mol.